The van der Waals surface area contributed by atoms with Crippen LogP contribution in [0, 0.1) is 5.92 Å². The first-order valence-electron chi connectivity index (χ1n) is 9.60. The quantitative estimate of drug-likeness (QED) is 0.570. The fraction of sp³-hybridized carbons (Fsp3) is 0.333. The van der Waals surface area contributed by atoms with Crippen LogP contribution in [0.4, 0.5) is 5.69 Å². The van der Waals surface area contributed by atoms with Crippen molar-refractivity contribution in [3.8, 4) is 0 Å². The first-order chi connectivity index (χ1) is 14.7. The van der Waals surface area contributed by atoms with E-state index in [-0.39, 0.29) is 36.2 Å². The summed E-state index contributed by atoms with van der Waals surface area (Å²) >= 11 is 9.49. The number of hydrogen-bond acceptors (Lipinski definition) is 5. The molecule has 1 aliphatic heterocycles. The highest BCUT2D eigenvalue weighted by molar-refractivity contribution is 9.10. The summed E-state index contributed by atoms with van der Waals surface area (Å²) in [6.45, 7) is 0.536. The van der Waals surface area contributed by atoms with Crippen LogP contribution in [0.3, 0.4) is 0 Å². The average molecular weight is 530 g/mol. The molecule has 1 N–H and O–H groups in total. The summed E-state index contributed by atoms with van der Waals surface area (Å²) < 4.78 is 32.5. The number of piperidine rings is 1. The van der Waals surface area contributed by atoms with Crippen molar-refractivity contribution in [3.05, 3.63) is 63.1 Å². The minimum Gasteiger partial charge on any atom is -0.465 e. The van der Waals surface area contributed by atoms with Crippen LogP contribution >= 0.6 is 27.5 Å². The molecular formula is C21H22BrClN2O5S. The van der Waals surface area contributed by atoms with Crippen molar-refractivity contribution in [2.45, 2.75) is 18.6 Å². The smallest absolute Gasteiger partial charge is 0.337 e. The molecule has 0 unspecified atom stereocenters. The van der Waals surface area contributed by atoms with E-state index in [0.29, 0.717) is 29.1 Å². The number of benzene rings is 2. The third-order valence-corrected chi connectivity index (χ3v) is 7.77. The van der Waals surface area contributed by atoms with Crippen molar-refractivity contribution in [2.24, 2.45) is 5.92 Å². The van der Waals surface area contributed by atoms with Crippen molar-refractivity contribution >= 4 is 55.1 Å². The van der Waals surface area contributed by atoms with Gasteiger partial charge in [0.05, 0.1) is 29.1 Å². The highest BCUT2D eigenvalue weighted by atomic mass is 79.9. The van der Waals surface area contributed by atoms with Crippen LogP contribution in [0.15, 0.2) is 46.9 Å². The van der Waals surface area contributed by atoms with Crippen molar-refractivity contribution < 1.29 is 22.7 Å². The van der Waals surface area contributed by atoms with Crippen molar-refractivity contribution in [1.29, 1.82) is 0 Å². The van der Waals surface area contributed by atoms with Gasteiger partial charge in [-0.05, 0) is 48.7 Å². The number of nitrogens with one attached hydrogen (secondary N) is 1. The zero-order chi connectivity index (χ0) is 22.6. The molecule has 0 aromatic heterocycles. The summed E-state index contributed by atoms with van der Waals surface area (Å²) in [4.78, 5) is 24.4. The summed E-state index contributed by atoms with van der Waals surface area (Å²) in [5.41, 5.74) is 1.30. The number of rotatable bonds is 6. The van der Waals surface area contributed by atoms with Crippen LogP contribution in [-0.4, -0.2) is 44.8 Å². The van der Waals surface area contributed by atoms with Crippen molar-refractivity contribution in [1.82, 2.24) is 4.31 Å². The number of ether oxygens (including phenoxy) is 1. The zero-order valence-corrected chi connectivity index (χ0v) is 20.0. The number of amides is 1. The standard InChI is InChI=1S/C21H22BrClN2O5S/c1-30-21(27)16-5-6-18(23)19(12-16)24-20(26)15-7-9-25(10-8-15)31(28,29)13-14-3-2-4-17(22)11-14/h2-6,11-12,15H,7-10,13H2,1H3,(H,24,26). The second-order valence-electron chi connectivity index (χ2n) is 7.23. The van der Waals surface area contributed by atoms with Gasteiger partial charge in [0.25, 0.3) is 0 Å². The van der Waals surface area contributed by atoms with Gasteiger partial charge in [-0.3, -0.25) is 4.79 Å². The molecule has 0 radical (unpaired) electrons. The molecule has 2 aromatic rings. The maximum absolute atomic E-state index is 12.8. The Bertz CT molecular complexity index is 1080. The second-order valence-corrected chi connectivity index (χ2v) is 10.5. The summed E-state index contributed by atoms with van der Waals surface area (Å²) in [6.07, 6.45) is 0.801. The van der Waals surface area contributed by atoms with Crippen LogP contribution in [0.25, 0.3) is 0 Å². The Kier molecular flexibility index (Phi) is 7.74. The van der Waals surface area contributed by atoms with Crippen LogP contribution in [0.5, 0.6) is 0 Å². The van der Waals surface area contributed by atoms with E-state index >= 15 is 0 Å². The van der Waals surface area contributed by atoms with E-state index in [9.17, 15) is 18.0 Å². The first kappa shape index (κ1) is 23.7. The van der Waals surface area contributed by atoms with Crippen LogP contribution in [0.2, 0.25) is 5.02 Å². The summed E-state index contributed by atoms with van der Waals surface area (Å²) in [5.74, 6) is -1.22. The molecule has 1 amide bonds. The normalized spacial score (nSPS) is 15.5. The minimum atomic E-state index is -3.48. The molecule has 1 fully saturated rings. The minimum absolute atomic E-state index is 0.0841. The summed E-state index contributed by atoms with van der Waals surface area (Å²) in [7, 11) is -2.21. The molecule has 1 saturated heterocycles. The van der Waals surface area contributed by atoms with Gasteiger partial charge in [-0.2, -0.15) is 0 Å². The van der Waals surface area contributed by atoms with Crippen LogP contribution in [-0.2, 0) is 25.3 Å². The molecule has 7 nitrogen and oxygen atoms in total. The molecule has 0 aliphatic carbocycles. The topological polar surface area (TPSA) is 92.8 Å². The van der Waals surface area contributed by atoms with Gasteiger partial charge < -0.3 is 10.1 Å². The molecule has 1 heterocycles. The molecule has 0 spiro atoms. The Labute approximate surface area is 194 Å². The Morgan fingerprint density at radius 1 is 1.19 bits per heavy atom. The van der Waals surface area contributed by atoms with Crippen molar-refractivity contribution in [2.75, 3.05) is 25.5 Å². The Hall–Kier alpha value is -1.94. The number of hydrogen-bond donors (Lipinski definition) is 1. The monoisotopic (exact) mass is 528 g/mol. The maximum Gasteiger partial charge on any atom is 0.337 e. The van der Waals surface area contributed by atoms with E-state index in [0.717, 1.165) is 4.47 Å². The highest BCUT2D eigenvalue weighted by Gasteiger charge is 2.31. The first-order valence-corrected chi connectivity index (χ1v) is 12.4. The molecule has 166 valence electrons. The molecule has 3 rings (SSSR count). The molecule has 2 aromatic carbocycles. The van der Waals surface area contributed by atoms with E-state index in [2.05, 4.69) is 26.0 Å². The van der Waals surface area contributed by atoms with Gasteiger partial charge in [-0.1, -0.05) is 39.7 Å². The van der Waals surface area contributed by atoms with Gasteiger partial charge >= 0.3 is 5.97 Å². The third kappa shape index (κ3) is 6.06. The van der Waals surface area contributed by atoms with E-state index in [1.165, 1.54) is 29.6 Å². The Balaban J connectivity index is 1.60. The number of carbonyl (C=O) groups excluding carboxylic acids is 2. The molecule has 10 heteroatoms. The lowest BCUT2D eigenvalue weighted by Crippen LogP contribution is -2.41. The summed E-state index contributed by atoms with van der Waals surface area (Å²) in [5, 5.41) is 3.05. The fourth-order valence-corrected chi connectivity index (χ4v) is 5.59. The lowest BCUT2D eigenvalue weighted by molar-refractivity contribution is -0.120. The van der Waals surface area contributed by atoms with Crippen LogP contribution in [0.1, 0.15) is 28.8 Å². The average Bonchev–Trinajstić information content (AvgIpc) is 2.74. The molecule has 31 heavy (non-hydrogen) atoms. The number of halogens is 2. The number of nitrogens with zero attached hydrogens (tertiary/aromatic N) is 1. The third-order valence-electron chi connectivity index (χ3n) is 5.10. The summed E-state index contributed by atoms with van der Waals surface area (Å²) in [6, 6.07) is 11.7. The van der Waals surface area contributed by atoms with E-state index in [4.69, 9.17) is 11.6 Å². The van der Waals surface area contributed by atoms with E-state index < -0.39 is 16.0 Å². The Morgan fingerprint density at radius 3 is 2.55 bits per heavy atom. The van der Waals surface area contributed by atoms with Gasteiger partial charge in [0.2, 0.25) is 15.9 Å². The molecule has 0 bridgehead atoms. The lowest BCUT2D eigenvalue weighted by atomic mass is 9.97. The Morgan fingerprint density at radius 2 is 1.90 bits per heavy atom. The van der Waals surface area contributed by atoms with Crippen molar-refractivity contribution in [3.63, 3.8) is 0 Å². The largest absolute Gasteiger partial charge is 0.465 e. The number of methoxy groups -OCH3 is 1. The molecule has 0 atom stereocenters. The van der Waals surface area contributed by atoms with Gasteiger partial charge in [-0.15, -0.1) is 0 Å². The predicted molar refractivity (Wildman–Crippen MR) is 122 cm³/mol. The predicted octanol–water partition coefficient (Wildman–Crippen LogP) is 4.07. The van der Waals surface area contributed by atoms with E-state index in [1.54, 1.807) is 18.2 Å². The number of sulfonamides is 1. The molecule has 0 saturated carbocycles. The highest BCUT2D eigenvalue weighted by Crippen LogP contribution is 2.27. The zero-order valence-electron chi connectivity index (χ0n) is 16.8. The van der Waals surface area contributed by atoms with Gasteiger partial charge in [0.1, 0.15) is 0 Å². The second kappa shape index (κ2) is 10.1. The lowest BCUT2D eigenvalue weighted by Gasteiger charge is -2.30. The number of anilines is 1. The van der Waals surface area contributed by atoms with Gasteiger partial charge in [0, 0.05) is 23.5 Å². The van der Waals surface area contributed by atoms with Crippen LogP contribution < -0.4 is 5.32 Å². The maximum atomic E-state index is 12.8. The van der Waals surface area contributed by atoms with E-state index in [1.807, 2.05) is 6.07 Å². The molecule has 1 aliphatic rings. The van der Waals surface area contributed by atoms with Gasteiger partial charge in [-0.25, -0.2) is 17.5 Å². The molecular weight excluding hydrogens is 508 g/mol. The van der Waals surface area contributed by atoms with Gasteiger partial charge in [0.15, 0.2) is 0 Å². The number of carbonyl (C=O) groups is 2. The SMILES string of the molecule is COC(=O)c1ccc(Cl)c(NC(=O)C2CCN(S(=O)(=O)Cc3cccc(Br)c3)CC2)c1. The number of esters is 1. The fourth-order valence-electron chi connectivity index (χ4n) is 3.43.